The number of aromatic nitrogens is 3. The molecular weight excluding hydrogens is 420 g/mol. The second-order valence-corrected chi connectivity index (χ2v) is 6.31. The first kappa shape index (κ1) is 20.9. The summed E-state index contributed by atoms with van der Waals surface area (Å²) in [5.74, 6) is 0.760. The van der Waals surface area contributed by atoms with Crippen LogP contribution in [0.15, 0.2) is 24.3 Å². The van der Waals surface area contributed by atoms with E-state index in [-0.39, 0.29) is 22.8 Å². The number of hydrogen-bond acceptors (Lipinski definition) is 5. The molecule has 26 heavy (non-hydrogen) atoms. The van der Waals surface area contributed by atoms with Crippen molar-refractivity contribution in [3.63, 3.8) is 0 Å². The molecule has 0 radical (unpaired) electrons. The Morgan fingerprint density at radius 1 is 1.15 bits per heavy atom. The largest absolute Gasteiger partial charge is 0.486 e. The molecule has 2 heterocycles. The van der Waals surface area contributed by atoms with Crippen molar-refractivity contribution in [2.75, 3.05) is 25.0 Å². The molecule has 0 atom stereocenters. The molecule has 0 aliphatic rings. The van der Waals surface area contributed by atoms with Crippen molar-refractivity contribution >= 4 is 63.9 Å². The zero-order valence-corrected chi connectivity index (χ0v) is 16.6. The number of anilines is 1. The summed E-state index contributed by atoms with van der Waals surface area (Å²) in [7, 11) is 0. The van der Waals surface area contributed by atoms with Gasteiger partial charge in [0.25, 0.3) is 0 Å². The van der Waals surface area contributed by atoms with E-state index in [4.69, 9.17) is 45.3 Å². The number of fused-ring (bicyclic) bond motifs is 1. The Morgan fingerprint density at radius 3 is 2.69 bits per heavy atom. The van der Waals surface area contributed by atoms with Crippen LogP contribution in [-0.4, -0.2) is 34.6 Å². The highest BCUT2D eigenvalue weighted by molar-refractivity contribution is 6.33. The molecule has 0 spiro atoms. The van der Waals surface area contributed by atoms with Crippen molar-refractivity contribution in [1.82, 2.24) is 15.0 Å². The Bertz CT molecular complexity index is 886. The van der Waals surface area contributed by atoms with Gasteiger partial charge in [0.15, 0.2) is 16.7 Å². The molecule has 0 saturated heterocycles. The molecule has 3 rings (SSSR count). The molecular formula is C16H17Cl4N5O. The van der Waals surface area contributed by atoms with E-state index >= 15 is 0 Å². The van der Waals surface area contributed by atoms with Gasteiger partial charge in [0.05, 0.1) is 0 Å². The lowest BCUT2D eigenvalue weighted by Gasteiger charge is -2.13. The number of halogens is 4. The van der Waals surface area contributed by atoms with E-state index < -0.39 is 0 Å². The standard InChI is InChI=1S/C16H16Cl3N5O.ClH/c17-13-10(9-3-1-2-4-11(9)22-13)5-7-21-15-12(25-8-6-20)14(18)23-16(19)24-15;/h1-4,22H,5-8,20H2,(H,21,23,24);1H. The van der Waals surface area contributed by atoms with Crippen molar-refractivity contribution < 1.29 is 4.74 Å². The average molecular weight is 437 g/mol. The molecule has 6 nitrogen and oxygen atoms in total. The van der Waals surface area contributed by atoms with Crippen LogP contribution < -0.4 is 15.8 Å². The number of benzene rings is 1. The van der Waals surface area contributed by atoms with Crippen LogP contribution in [0, 0.1) is 0 Å². The summed E-state index contributed by atoms with van der Waals surface area (Å²) in [5, 5.41) is 5.07. The molecule has 0 aliphatic carbocycles. The number of hydrogen-bond donors (Lipinski definition) is 3. The monoisotopic (exact) mass is 435 g/mol. The lowest BCUT2D eigenvalue weighted by molar-refractivity contribution is 0.327. The fraction of sp³-hybridized carbons (Fsp3) is 0.250. The van der Waals surface area contributed by atoms with Gasteiger partial charge in [-0.3, -0.25) is 0 Å². The second kappa shape index (κ2) is 9.48. The normalized spacial score (nSPS) is 10.6. The SMILES string of the molecule is Cl.NCCOc1c(Cl)nc(Cl)nc1NCCc1c(Cl)[nH]c2ccccc12. The maximum atomic E-state index is 6.31. The first-order chi connectivity index (χ1) is 12.1. The summed E-state index contributed by atoms with van der Waals surface area (Å²) < 4.78 is 5.52. The van der Waals surface area contributed by atoms with Crippen LogP contribution in [0.3, 0.4) is 0 Å². The maximum Gasteiger partial charge on any atom is 0.226 e. The van der Waals surface area contributed by atoms with E-state index in [0.717, 1.165) is 16.5 Å². The van der Waals surface area contributed by atoms with Gasteiger partial charge in [-0.2, -0.15) is 4.98 Å². The van der Waals surface area contributed by atoms with E-state index in [1.54, 1.807) is 0 Å². The Morgan fingerprint density at radius 2 is 1.92 bits per heavy atom. The van der Waals surface area contributed by atoms with Gasteiger partial charge in [-0.05, 0) is 29.7 Å². The van der Waals surface area contributed by atoms with Crippen LogP contribution in [0.4, 0.5) is 5.82 Å². The molecule has 0 aliphatic heterocycles. The van der Waals surface area contributed by atoms with E-state index in [9.17, 15) is 0 Å². The zero-order chi connectivity index (χ0) is 17.8. The topological polar surface area (TPSA) is 88.8 Å². The van der Waals surface area contributed by atoms with Crippen molar-refractivity contribution in [3.05, 3.63) is 45.4 Å². The highest BCUT2D eigenvalue weighted by atomic mass is 35.5. The molecule has 4 N–H and O–H groups in total. The van der Waals surface area contributed by atoms with Crippen LogP contribution in [0.1, 0.15) is 5.56 Å². The molecule has 10 heteroatoms. The third-order valence-corrected chi connectivity index (χ3v) is 4.34. The quantitative estimate of drug-likeness (QED) is 0.378. The summed E-state index contributed by atoms with van der Waals surface area (Å²) in [5.41, 5.74) is 7.50. The predicted octanol–water partition coefficient (Wildman–Crippen LogP) is 4.33. The number of aromatic amines is 1. The van der Waals surface area contributed by atoms with E-state index in [0.29, 0.717) is 42.8 Å². The molecule has 1 aromatic carbocycles. The number of nitrogens with one attached hydrogen (secondary N) is 2. The van der Waals surface area contributed by atoms with Crippen molar-refractivity contribution in [1.29, 1.82) is 0 Å². The summed E-state index contributed by atoms with van der Waals surface area (Å²) >= 11 is 18.3. The Hall–Kier alpha value is -1.44. The molecule has 0 unspecified atom stereocenters. The minimum Gasteiger partial charge on any atom is -0.486 e. The third kappa shape index (κ3) is 4.64. The Balaban J connectivity index is 0.00000243. The van der Waals surface area contributed by atoms with Gasteiger partial charge in [-0.15, -0.1) is 12.4 Å². The van der Waals surface area contributed by atoms with Crippen LogP contribution in [-0.2, 0) is 6.42 Å². The van der Waals surface area contributed by atoms with E-state index in [2.05, 4.69) is 20.3 Å². The van der Waals surface area contributed by atoms with Gasteiger partial charge < -0.3 is 20.8 Å². The predicted molar refractivity (Wildman–Crippen MR) is 109 cm³/mol. The first-order valence-electron chi connectivity index (χ1n) is 7.65. The van der Waals surface area contributed by atoms with E-state index in [1.165, 1.54) is 0 Å². The summed E-state index contributed by atoms with van der Waals surface area (Å²) in [6.45, 7) is 1.21. The van der Waals surface area contributed by atoms with E-state index in [1.807, 2.05) is 24.3 Å². The Kier molecular flexibility index (Phi) is 7.61. The summed E-state index contributed by atoms with van der Waals surface area (Å²) in [4.78, 5) is 11.2. The number of nitrogens with zero attached hydrogens (tertiary/aromatic N) is 2. The fourth-order valence-electron chi connectivity index (χ4n) is 2.52. The molecule has 0 bridgehead atoms. The van der Waals surface area contributed by atoms with Crippen LogP contribution in [0.5, 0.6) is 5.75 Å². The molecule has 0 amide bonds. The van der Waals surface area contributed by atoms with Crippen molar-refractivity contribution in [3.8, 4) is 5.75 Å². The number of rotatable bonds is 7. The number of H-pyrrole nitrogens is 1. The number of nitrogens with two attached hydrogens (primary N) is 1. The first-order valence-corrected chi connectivity index (χ1v) is 8.78. The van der Waals surface area contributed by atoms with Crippen molar-refractivity contribution in [2.24, 2.45) is 5.73 Å². The minimum absolute atomic E-state index is 0. The average Bonchev–Trinajstić information content (AvgIpc) is 2.90. The van der Waals surface area contributed by atoms with Gasteiger partial charge in [0.1, 0.15) is 11.8 Å². The van der Waals surface area contributed by atoms with Gasteiger partial charge in [-0.1, -0.05) is 41.4 Å². The second-order valence-electron chi connectivity index (χ2n) is 5.24. The van der Waals surface area contributed by atoms with Gasteiger partial charge in [0, 0.05) is 24.0 Å². The maximum absolute atomic E-state index is 6.31. The third-order valence-electron chi connectivity index (χ3n) is 3.59. The van der Waals surface area contributed by atoms with Crippen LogP contribution >= 0.6 is 47.2 Å². The summed E-state index contributed by atoms with van der Waals surface area (Å²) in [6.07, 6.45) is 0.679. The highest BCUT2D eigenvalue weighted by Gasteiger charge is 2.15. The fourth-order valence-corrected chi connectivity index (χ4v) is 3.26. The Labute approximate surface area is 171 Å². The van der Waals surface area contributed by atoms with Gasteiger partial charge in [0.2, 0.25) is 5.28 Å². The lowest BCUT2D eigenvalue weighted by atomic mass is 10.1. The summed E-state index contributed by atoms with van der Waals surface area (Å²) in [6, 6.07) is 7.96. The number of ether oxygens (including phenoxy) is 1. The lowest BCUT2D eigenvalue weighted by Crippen LogP contribution is -2.14. The highest BCUT2D eigenvalue weighted by Crippen LogP contribution is 2.32. The zero-order valence-electron chi connectivity index (χ0n) is 13.6. The molecule has 3 aromatic rings. The smallest absolute Gasteiger partial charge is 0.226 e. The van der Waals surface area contributed by atoms with Gasteiger partial charge in [-0.25, -0.2) is 4.98 Å². The minimum atomic E-state index is 0. The molecule has 140 valence electrons. The number of para-hydroxylation sites is 1. The van der Waals surface area contributed by atoms with Crippen LogP contribution in [0.2, 0.25) is 15.6 Å². The molecule has 2 aromatic heterocycles. The van der Waals surface area contributed by atoms with Crippen LogP contribution in [0.25, 0.3) is 10.9 Å². The molecule has 0 fully saturated rings. The van der Waals surface area contributed by atoms with Gasteiger partial charge >= 0.3 is 0 Å². The van der Waals surface area contributed by atoms with Crippen molar-refractivity contribution in [2.45, 2.75) is 6.42 Å². The molecule has 0 saturated carbocycles.